The lowest BCUT2D eigenvalue weighted by Gasteiger charge is -2.18. The van der Waals surface area contributed by atoms with Crippen LogP contribution in [0.5, 0.6) is 0 Å². The standard InChI is InChI=1S/C6H18N4.C4H13N3/c7-1-4-10(5-2-8)6-3-9;5-1-3-7-4-2-6/h1-9H2;7H,1-6H2. The highest BCUT2D eigenvalue weighted by Gasteiger charge is 1.98. The molecule has 0 atom stereocenters. The van der Waals surface area contributed by atoms with Crippen molar-refractivity contribution in [3.63, 3.8) is 0 Å². The van der Waals surface area contributed by atoms with E-state index >= 15 is 0 Å². The van der Waals surface area contributed by atoms with Crippen LogP contribution in [-0.4, -0.2) is 70.3 Å². The molecule has 0 bridgehead atoms. The van der Waals surface area contributed by atoms with Gasteiger partial charge in [-0.3, -0.25) is 4.90 Å². The van der Waals surface area contributed by atoms with Crippen molar-refractivity contribution in [3.8, 4) is 0 Å². The van der Waals surface area contributed by atoms with Crippen LogP contribution >= 0.6 is 0 Å². The Hall–Kier alpha value is -0.280. The molecule has 0 saturated carbocycles. The zero-order chi connectivity index (χ0) is 13.4. The van der Waals surface area contributed by atoms with E-state index in [1.54, 1.807) is 0 Å². The van der Waals surface area contributed by atoms with E-state index in [4.69, 9.17) is 28.7 Å². The van der Waals surface area contributed by atoms with E-state index in [0.717, 1.165) is 32.7 Å². The Balaban J connectivity index is 0. The second-order valence-corrected chi connectivity index (χ2v) is 3.54. The summed E-state index contributed by atoms with van der Waals surface area (Å²) in [4.78, 5) is 2.17. The van der Waals surface area contributed by atoms with Gasteiger partial charge in [-0.1, -0.05) is 0 Å². The molecule has 7 nitrogen and oxygen atoms in total. The van der Waals surface area contributed by atoms with Crippen molar-refractivity contribution in [3.05, 3.63) is 0 Å². The lowest BCUT2D eigenvalue weighted by Crippen LogP contribution is -2.37. The maximum Gasteiger partial charge on any atom is 0.0106 e. The summed E-state index contributed by atoms with van der Waals surface area (Å²) in [5.74, 6) is 0. The second-order valence-electron chi connectivity index (χ2n) is 3.54. The van der Waals surface area contributed by atoms with Crippen LogP contribution in [0, 0.1) is 0 Å². The Bertz CT molecular complexity index is 105. The molecule has 0 rings (SSSR count). The normalized spacial score (nSPS) is 10.2. The number of hydrogen-bond acceptors (Lipinski definition) is 7. The van der Waals surface area contributed by atoms with Crippen LogP contribution < -0.4 is 34.0 Å². The number of nitrogens with zero attached hydrogens (tertiary/aromatic N) is 1. The van der Waals surface area contributed by atoms with Gasteiger partial charge < -0.3 is 34.0 Å². The lowest BCUT2D eigenvalue weighted by molar-refractivity contribution is 0.297. The van der Waals surface area contributed by atoms with Crippen LogP contribution in [-0.2, 0) is 0 Å². The molecule has 0 radical (unpaired) electrons. The smallest absolute Gasteiger partial charge is 0.0106 e. The predicted molar refractivity (Wildman–Crippen MR) is 74.6 cm³/mol. The van der Waals surface area contributed by atoms with E-state index in [9.17, 15) is 0 Å². The average molecular weight is 249 g/mol. The molecule has 0 aliphatic rings. The molecule has 0 aliphatic heterocycles. The molecule has 0 unspecified atom stereocenters. The van der Waals surface area contributed by atoms with Gasteiger partial charge in [0, 0.05) is 65.4 Å². The highest BCUT2D eigenvalue weighted by molar-refractivity contribution is 4.58. The van der Waals surface area contributed by atoms with Gasteiger partial charge in [-0.05, 0) is 0 Å². The van der Waals surface area contributed by atoms with Gasteiger partial charge in [-0.2, -0.15) is 0 Å². The van der Waals surface area contributed by atoms with Crippen LogP contribution in [0.2, 0.25) is 0 Å². The van der Waals surface area contributed by atoms with Crippen LogP contribution in [0.15, 0.2) is 0 Å². The van der Waals surface area contributed by atoms with Crippen molar-refractivity contribution in [1.82, 2.24) is 10.2 Å². The molecule has 0 aromatic heterocycles. The first-order chi connectivity index (χ1) is 8.26. The molecule has 0 aromatic rings. The Morgan fingerprint density at radius 3 is 1.18 bits per heavy atom. The first-order valence-corrected chi connectivity index (χ1v) is 6.20. The van der Waals surface area contributed by atoms with E-state index in [-0.39, 0.29) is 0 Å². The Morgan fingerprint density at radius 1 is 0.588 bits per heavy atom. The summed E-state index contributed by atoms with van der Waals surface area (Å²) >= 11 is 0. The third-order valence-electron chi connectivity index (χ3n) is 1.98. The monoisotopic (exact) mass is 249 g/mol. The van der Waals surface area contributed by atoms with E-state index in [1.807, 2.05) is 0 Å². The topological polar surface area (TPSA) is 145 Å². The number of hydrogen-bond donors (Lipinski definition) is 6. The average Bonchev–Trinajstić information content (AvgIpc) is 2.32. The summed E-state index contributed by atoms with van der Waals surface area (Å²) < 4.78 is 0. The second kappa shape index (κ2) is 18.1. The number of rotatable bonds is 10. The molecule has 0 aliphatic carbocycles. The van der Waals surface area contributed by atoms with E-state index in [0.29, 0.717) is 32.7 Å². The molecule has 0 aromatic carbocycles. The molecule has 7 heteroatoms. The molecule has 11 N–H and O–H groups in total. The largest absolute Gasteiger partial charge is 0.329 e. The summed E-state index contributed by atoms with van der Waals surface area (Å²) in [7, 11) is 0. The fourth-order valence-electron chi connectivity index (χ4n) is 1.21. The van der Waals surface area contributed by atoms with Crippen LogP contribution in [0.25, 0.3) is 0 Å². The van der Waals surface area contributed by atoms with Gasteiger partial charge in [-0.15, -0.1) is 0 Å². The zero-order valence-corrected chi connectivity index (χ0v) is 10.9. The van der Waals surface area contributed by atoms with Crippen LogP contribution in [0.1, 0.15) is 0 Å². The van der Waals surface area contributed by atoms with Gasteiger partial charge in [0.05, 0.1) is 0 Å². The van der Waals surface area contributed by atoms with E-state index < -0.39 is 0 Å². The highest BCUT2D eigenvalue weighted by atomic mass is 15.1. The fourth-order valence-corrected chi connectivity index (χ4v) is 1.21. The van der Waals surface area contributed by atoms with Gasteiger partial charge in [0.15, 0.2) is 0 Å². The van der Waals surface area contributed by atoms with Gasteiger partial charge in [0.1, 0.15) is 0 Å². The Labute approximate surface area is 105 Å². The minimum absolute atomic E-state index is 0.681. The number of nitrogens with two attached hydrogens (primary N) is 5. The molecular weight excluding hydrogens is 218 g/mol. The van der Waals surface area contributed by atoms with E-state index in [1.165, 1.54) is 0 Å². The Kier molecular flexibility index (Phi) is 20.3. The van der Waals surface area contributed by atoms with Crippen LogP contribution in [0.3, 0.4) is 0 Å². The molecule has 0 saturated heterocycles. The van der Waals surface area contributed by atoms with Gasteiger partial charge in [-0.25, -0.2) is 0 Å². The van der Waals surface area contributed by atoms with Crippen molar-refractivity contribution < 1.29 is 0 Å². The van der Waals surface area contributed by atoms with E-state index in [2.05, 4.69) is 10.2 Å². The first kappa shape index (κ1) is 19.1. The van der Waals surface area contributed by atoms with Gasteiger partial charge in [0.2, 0.25) is 0 Å². The summed E-state index contributed by atoms with van der Waals surface area (Å²) in [6.07, 6.45) is 0. The molecule has 106 valence electrons. The van der Waals surface area contributed by atoms with Gasteiger partial charge in [0.25, 0.3) is 0 Å². The molecular formula is C10H31N7. The Morgan fingerprint density at radius 2 is 0.941 bits per heavy atom. The third kappa shape index (κ3) is 18.3. The summed E-state index contributed by atoms with van der Waals surface area (Å²) in [6, 6.07) is 0. The minimum Gasteiger partial charge on any atom is -0.329 e. The van der Waals surface area contributed by atoms with Gasteiger partial charge >= 0.3 is 0 Å². The SMILES string of the molecule is NCCN(CCN)CCN.NCCNCCN. The molecule has 0 spiro atoms. The molecule has 0 amide bonds. The fraction of sp³-hybridized carbons (Fsp3) is 1.00. The third-order valence-corrected chi connectivity index (χ3v) is 1.98. The lowest BCUT2D eigenvalue weighted by atomic mass is 10.4. The summed E-state index contributed by atoms with van der Waals surface area (Å²) in [5, 5.41) is 3.03. The maximum absolute atomic E-state index is 5.37. The van der Waals surface area contributed by atoms with Crippen molar-refractivity contribution in [2.45, 2.75) is 0 Å². The molecule has 17 heavy (non-hydrogen) atoms. The molecule has 0 heterocycles. The maximum atomic E-state index is 5.37. The first-order valence-electron chi connectivity index (χ1n) is 6.20. The van der Waals surface area contributed by atoms with Crippen molar-refractivity contribution in [2.75, 3.05) is 65.4 Å². The minimum atomic E-state index is 0.681. The quantitative estimate of drug-likeness (QED) is 0.222. The predicted octanol–water partition coefficient (Wildman–Crippen LogP) is -3.34. The number of nitrogens with one attached hydrogen (secondary N) is 1. The van der Waals surface area contributed by atoms with Crippen LogP contribution in [0.4, 0.5) is 0 Å². The van der Waals surface area contributed by atoms with Crippen molar-refractivity contribution >= 4 is 0 Å². The molecule has 0 fully saturated rings. The highest BCUT2D eigenvalue weighted by Crippen LogP contribution is 1.81. The summed E-state index contributed by atoms with van der Waals surface area (Å²) in [6.45, 7) is 7.87. The summed E-state index contributed by atoms with van der Waals surface area (Å²) in [5.41, 5.74) is 26.4. The zero-order valence-electron chi connectivity index (χ0n) is 10.9. The van der Waals surface area contributed by atoms with Crippen molar-refractivity contribution in [2.24, 2.45) is 28.7 Å². The van der Waals surface area contributed by atoms with Crippen molar-refractivity contribution in [1.29, 1.82) is 0 Å².